The van der Waals surface area contributed by atoms with Crippen LogP contribution >= 0.6 is 11.8 Å². The minimum absolute atomic E-state index is 0.228. The van der Waals surface area contributed by atoms with Crippen molar-refractivity contribution in [3.63, 3.8) is 0 Å². The molecule has 1 aliphatic heterocycles. The Hall–Kier alpha value is -2.30. The number of rotatable bonds is 3. The average molecular weight is 448 g/mol. The number of benzene rings is 1. The second kappa shape index (κ2) is 7.75. The zero-order valence-corrected chi connectivity index (χ0v) is 17.0. The van der Waals surface area contributed by atoms with Crippen molar-refractivity contribution in [2.45, 2.75) is 38.2 Å². The van der Waals surface area contributed by atoms with Gasteiger partial charge in [0, 0.05) is 6.42 Å². The molecule has 0 amide bonds. The fourth-order valence-electron chi connectivity index (χ4n) is 3.38. The van der Waals surface area contributed by atoms with Crippen molar-refractivity contribution in [1.29, 1.82) is 0 Å². The second-order valence-corrected chi connectivity index (χ2v) is 7.95. The molecule has 11 heteroatoms. The molecule has 0 saturated carbocycles. The molecule has 2 heterocycles. The quantitative estimate of drug-likeness (QED) is 0.588. The summed E-state index contributed by atoms with van der Waals surface area (Å²) in [6.07, 6.45) is -8.16. The van der Waals surface area contributed by atoms with Gasteiger partial charge in [-0.2, -0.15) is 26.3 Å². The van der Waals surface area contributed by atoms with Crippen LogP contribution in [0.25, 0.3) is 0 Å². The maximum atomic E-state index is 13.6. The van der Waals surface area contributed by atoms with Crippen LogP contribution in [0.4, 0.5) is 37.7 Å². The first-order valence-electron chi connectivity index (χ1n) is 8.90. The molecule has 0 fully saturated rings. The summed E-state index contributed by atoms with van der Waals surface area (Å²) >= 11 is 1.09. The molecule has 4 nitrogen and oxygen atoms in total. The number of nitrogens with zero attached hydrogens (tertiary/aromatic N) is 3. The number of hydrogen-bond acceptors (Lipinski definition) is 5. The van der Waals surface area contributed by atoms with Crippen LogP contribution < -0.4 is 5.32 Å². The van der Waals surface area contributed by atoms with E-state index in [2.05, 4.69) is 20.5 Å². The molecule has 0 aliphatic carbocycles. The summed E-state index contributed by atoms with van der Waals surface area (Å²) in [6, 6.07) is 8.96. The number of nitrogens with one attached hydrogen (secondary N) is 1. The molecule has 2 aromatic rings. The molecule has 1 atom stereocenters. The van der Waals surface area contributed by atoms with Crippen molar-refractivity contribution in [3.05, 3.63) is 47.3 Å². The number of alkyl halides is 6. The first-order valence-corrected chi connectivity index (χ1v) is 10.1. The van der Waals surface area contributed by atoms with Crippen molar-refractivity contribution in [1.82, 2.24) is 10.2 Å². The Labute approximate surface area is 173 Å². The largest absolute Gasteiger partial charge is 0.437 e. The predicted octanol–water partition coefficient (Wildman–Crippen LogP) is 5.97. The number of halogens is 6. The molecule has 0 spiro atoms. The van der Waals surface area contributed by atoms with Gasteiger partial charge < -0.3 is 5.32 Å². The Morgan fingerprint density at radius 3 is 2.03 bits per heavy atom. The fraction of sp³-hybridized carbons (Fsp3) is 0.421. The van der Waals surface area contributed by atoms with Crippen LogP contribution in [0.15, 0.2) is 35.3 Å². The third-order valence-corrected chi connectivity index (χ3v) is 5.77. The van der Waals surface area contributed by atoms with Crippen molar-refractivity contribution in [2.24, 2.45) is 10.9 Å². The highest BCUT2D eigenvalue weighted by Crippen LogP contribution is 2.49. The molecule has 30 heavy (non-hydrogen) atoms. The van der Waals surface area contributed by atoms with Crippen molar-refractivity contribution in [3.8, 4) is 0 Å². The fourth-order valence-corrected chi connectivity index (χ4v) is 4.29. The van der Waals surface area contributed by atoms with Crippen LogP contribution in [-0.4, -0.2) is 27.0 Å². The molecule has 1 aromatic heterocycles. The topological polar surface area (TPSA) is 50.2 Å². The monoisotopic (exact) mass is 448 g/mol. The van der Waals surface area contributed by atoms with E-state index >= 15 is 0 Å². The summed E-state index contributed by atoms with van der Waals surface area (Å²) < 4.78 is 81.1. The van der Waals surface area contributed by atoms with Gasteiger partial charge in [0.15, 0.2) is 11.4 Å². The van der Waals surface area contributed by atoms with Crippen LogP contribution in [0.5, 0.6) is 0 Å². The third-order valence-electron chi connectivity index (χ3n) is 4.93. The smallest absolute Gasteiger partial charge is 0.369 e. The SMILES string of the molecule is CSC1=Nc2c(C(F)(F)F)nnc(C(F)(F)F)c2NC1(Cc1ccccc1)C(C)C. The molecule has 0 bridgehead atoms. The first kappa shape index (κ1) is 22.4. The van der Waals surface area contributed by atoms with E-state index in [0.717, 1.165) is 17.3 Å². The predicted molar refractivity (Wildman–Crippen MR) is 104 cm³/mol. The van der Waals surface area contributed by atoms with Crippen LogP contribution in [0.2, 0.25) is 0 Å². The summed E-state index contributed by atoms with van der Waals surface area (Å²) in [7, 11) is 0. The Morgan fingerprint density at radius 1 is 0.967 bits per heavy atom. The van der Waals surface area contributed by atoms with Gasteiger partial charge in [0.05, 0.1) is 16.3 Å². The minimum atomic E-state index is -5.01. The van der Waals surface area contributed by atoms with E-state index in [0.29, 0.717) is 0 Å². The number of anilines is 1. The highest BCUT2D eigenvalue weighted by molar-refractivity contribution is 8.13. The van der Waals surface area contributed by atoms with Crippen molar-refractivity contribution >= 4 is 28.2 Å². The van der Waals surface area contributed by atoms with E-state index in [9.17, 15) is 26.3 Å². The maximum absolute atomic E-state index is 13.6. The zero-order valence-electron chi connectivity index (χ0n) is 16.2. The molecule has 0 radical (unpaired) electrons. The van der Waals surface area contributed by atoms with Gasteiger partial charge >= 0.3 is 12.4 Å². The lowest BCUT2D eigenvalue weighted by Gasteiger charge is -2.43. The van der Waals surface area contributed by atoms with Gasteiger partial charge in [-0.05, 0) is 17.7 Å². The molecular formula is C19H18F6N4S. The normalized spacial score (nSPS) is 19.3. The summed E-state index contributed by atoms with van der Waals surface area (Å²) in [5, 5.41) is 8.73. The Bertz CT molecular complexity index is 956. The van der Waals surface area contributed by atoms with Gasteiger partial charge in [-0.1, -0.05) is 44.2 Å². The van der Waals surface area contributed by atoms with Crippen LogP contribution in [-0.2, 0) is 18.8 Å². The van der Waals surface area contributed by atoms with Crippen molar-refractivity contribution in [2.75, 3.05) is 11.6 Å². The molecule has 1 aliphatic rings. The second-order valence-electron chi connectivity index (χ2n) is 7.15. The van der Waals surface area contributed by atoms with Gasteiger partial charge in [-0.15, -0.1) is 22.0 Å². The van der Waals surface area contributed by atoms with E-state index < -0.39 is 40.7 Å². The maximum Gasteiger partial charge on any atom is 0.437 e. The molecule has 0 saturated heterocycles. The summed E-state index contributed by atoms with van der Waals surface area (Å²) in [4.78, 5) is 4.07. The molecule has 3 rings (SSSR count). The summed E-state index contributed by atoms with van der Waals surface area (Å²) in [5.41, 5.74) is -5.12. The Kier molecular flexibility index (Phi) is 5.78. The summed E-state index contributed by atoms with van der Waals surface area (Å²) in [5.74, 6) is -0.305. The third kappa shape index (κ3) is 3.99. The van der Waals surface area contributed by atoms with E-state index in [1.54, 1.807) is 50.4 Å². The van der Waals surface area contributed by atoms with Gasteiger partial charge in [0.25, 0.3) is 0 Å². The zero-order chi connectivity index (χ0) is 22.3. The molecule has 1 unspecified atom stereocenters. The standard InChI is InChI=1S/C19H18F6N4S/c1-10(2)17(9-11-7-5-4-6-8-11)16(30-3)26-12-13(27-17)15(19(23,24)25)29-28-14(12)18(20,21)22/h4-8,10,27H,9H2,1-3H3. The minimum Gasteiger partial charge on any atom is -0.369 e. The number of hydrogen-bond donors (Lipinski definition) is 1. The van der Waals surface area contributed by atoms with E-state index in [1.165, 1.54) is 0 Å². The molecule has 1 N–H and O–H groups in total. The van der Waals surface area contributed by atoms with Gasteiger partial charge in [-0.25, -0.2) is 4.99 Å². The van der Waals surface area contributed by atoms with Gasteiger partial charge in [0.2, 0.25) is 0 Å². The Balaban J connectivity index is 2.29. The molecular weight excluding hydrogens is 430 g/mol. The van der Waals surface area contributed by atoms with Gasteiger partial charge in [0.1, 0.15) is 5.69 Å². The average Bonchev–Trinajstić information content (AvgIpc) is 2.65. The number of fused-ring (bicyclic) bond motifs is 1. The number of thioether (sulfide) groups is 1. The molecule has 1 aromatic carbocycles. The lowest BCUT2D eigenvalue weighted by Crippen LogP contribution is -2.53. The highest BCUT2D eigenvalue weighted by Gasteiger charge is 2.50. The Morgan fingerprint density at radius 2 is 1.53 bits per heavy atom. The van der Waals surface area contributed by atoms with Gasteiger partial charge in [-0.3, -0.25) is 0 Å². The van der Waals surface area contributed by atoms with Crippen LogP contribution in [0.3, 0.4) is 0 Å². The van der Waals surface area contributed by atoms with E-state index in [4.69, 9.17) is 0 Å². The number of aliphatic imine (C=N–C) groups is 1. The van der Waals surface area contributed by atoms with Crippen molar-refractivity contribution < 1.29 is 26.3 Å². The first-order chi connectivity index (χ1) is 13.9. The van der Waals surface area contributed by atoms with Crippen LogP contribution in [0, 0.1) is 5.92 Å². The summed E-state index contributed by atoms with van der Waals surface area (Å²) in [6.45, 7) is 3.55. The van der Waals surface area contributed by atoms with E-state index in [-0.39, 0.29) is 17.4 Å². The lowest BCUT2D eigenvalue weighted by molar-refractivity contribution is -0.146. The molecule has 162 valence electrons. The lowest BCUT2D eigenvalue weighted by atomic mass is 9.80. The highest BCUT2D eigenvalue weighted by atomic mass is 32.2. The van der Waals surface area contributed by atoms with E-state index in [1.807, 2.05) is 0 Å². The number of aromatic nitrogens is 2. The van der Waals surface area contributed by atoms with Crippen LogP contribution in [0.1, 0.15) is 30.8 Å².